The molecule has 0 aliphatic heterocycles. The molecule has 0 saturated carbocycles. The number of benzene rings is 2. The lowest BCUT2D eigenvalue weighted by molar-refractivity contribution is 0.306. The van der Waals surface area contributed by atoms with E-state index >= 15 is 0 Å². The molecule has 0 fully saturated rings. The SMILES string of the molecule is O=c1[nH]cc(-c2cc(-c3cc(Cl)cc(OCc4ccccc4Cl)c3)c(=O)n(-c3cccnc3)c2)c(=O)[nH]1. The van der Waals surface area contributed by atoms with E-state index in [1.165, 1.54) is 23.2 Å². The molecule has 0 saturated heterocycles. The number of aromatic nitrogens is 4. The third-order valence-electron chi connectivity index (χ3n) is 5.61. The molecule has 0 aliphatic carbocycles. The van der Waals surface area contributed by atoms with Gasteiger partial charge in [-0.1, -0.05) is 41.4 Å². The van der Waals surface area contributed by atoms with Gasteiger partial charge in [0.25, 0.3) is 11.1 Å². The maximum atomic E-state index is 13.6. The first-order chi connectivity index (χ1) is 17.9. The van der Waals surface area contributed by atoms with Crippen LogP contribution in [0.2, 0.25) is 10.0 Å². The fourth-order valence-electron chi connectivity index (χ4n) is 3.83. The fraction of sp³-hybridized carbons (Fsp3) is 0.0370. The molecular weight excluding hydrogens is 515 g/mol. The molecule has 0 atom stereocenters. The first-order valence-electron chi connectivity index (χ1n) is 11.1. The summed E-state index contributed by atoms with van der Waals surface area (Å²) in [5.74, 6) is 0.432. The number of nitrogens with zero attached hydrogens (tertiary/aromatic N) is 2. The lowest BCUT2D eigenvalue weighted by atomic mass is 10.0. The monoisotopic (exact) mass is 532 g/mol. The van der Waals surface area contributed by atoms with E-state index in [-0.39, 0.29) is 23.3 Å². The third-order valence-corrected chi connectivity index (χ3v) is 6.19. The summed E-state index contributed by atoms with van der Waals surface area (Å²) in [6.45, 7) is 0.201. The molecule has 184 valence electrons. The Bertz CT molecular complexity index is 1780. The average Bonchev–Trinajstić information content (AvgIpc) is 2.89. The van der Waals surface area contributed by atoms with Crippen molar-refractivity contribution < 1.29 is 4.74 Å². The van der Waals surface area contributed by atoms with Crippen molar-refractivity contribution >= 4 is 23.2 Å². The van der Waals surface area contributed by atoms with E-state index in [9.17, 15) is 14.4 Å². The van der Waals surface area contributed by atoms with Crippen molar-refractivity contribution in [3.05, 3.63) is 132 Å². The van der Waals surface area contributed by atoms with Gasteiger partial charge in [0.15, 0.2) is 0 Å². The van der Waals surface area contributed by atoms with E-state index in [0.717, 1.165) is 5.56 Å². The first kappa shape index (κ1) is 24.3. The van der Waals surface area contributed by atoms with Crippen LogP contribution in [-0.4, -0.2) is 19.5 Å². The van der Waals surface area contributed by atoms with Crippen LogP contribution in [0.3, 0.4) is 0 Å². The number of hydrogen-bond acceptors (Lipinski definition) is 5. The summed E-state index contributed by atoms with van der Waals surface area (Å²) >= 11 is 12.6. The Hall–Kier alpha value is -4.40. The van der Waals surface area contributed by atoms with Crippen LogP contribution in [0.4, 0.5) is 0 Å². The summed E-state index contributed by atoms with van der Waals surface area (Å²) in [4.78, 5) is 46.5. The molecule has 0 unspecified atom stereocenters. The number of aromatic amines is 2. The Labute approximate surface area is 219 Å². The van der Waals surface area contributed by atoms with Crippen molar-refractivity contribution in [3.8, 4) is 33.7 Å². The Morgan fingerprint density at radius 3 is 2.51 bits per heavy atom. The number of halogens is 2. The van der Waals surface area contributed by atoms with Crippen LogP contribution in [0.1, 0.15) is 5.56 Å². The molecule has 0 spiro atoms. The van der Waals surface area contributed by atoms with Crippen molar-refractivity contribution in [3.63, 3.8) is 0 Å². The van der Waals surface area contributed by atoms with Crippen LogP contribution >= 0.6 is 23.2 Å². The van der Waals surface area contributed by atoms with E-state index in [1.807, 2.05) is 18.2 Å². The molecular formula is C27H18Cl2N4O4. The Morgan fingerprint density at radius 1 is 0.919 bits per heavy atom. The Kier molecular flexibility index (Phi) is 6.76. The van der Waals surface area contributed by atoms with Gasteiger partial charge in [0.1, 0.15) is 12.4 Å². The van der Waals surface area contributed by atoms with Gasteiger partial charge in [-0.25, -0.2) is 4.79 Å². The van der Waals surface area contributed by atoms with Crippen LogP contribution in [-0.2, 0) is 6.61 Å². The number of hydrogen-bond donors (Lipinski definition) is 2. The van der Waals surface area contributed by atoms with E-state index in [0.29, 0.717) is 32.6 Å². The summed E-state index contributed by atoms with van der Waals surface area (Å²) < 4.78 is 7.32. The summed E-state index contributed by atoms with van der Waals surface area (Å²) in [6.07, 6.45) is 5.94. The standard InChI is InChI=1S/C27H18Cl2N4O4/c28-19-8-17(9-21(11-19)37-15-16-4-1-2-6-24(16)29)22-10-18(23-13-31-27(36)32-25(23)34)14-33(26(22)35)20-5-3-7-30-12-20/h1-14H,15H2,(H2,31,32,34,36). The third kappa shape index (κ3) is 5.25. The minimum absolute atomic E-state index is 0.177. The van der Waals surface area contributed by atoms with Gasteiger partial charge in [-0.2, -0.15) is 0 Å². The molecule has 3 heterocycles. The van der Waals surface area contributed by atoms with E-state index in [1.54, 1.807) is 48.7 Å². The van der Waals surface area contributed by atoms with Gasteiger partial charge in [0, 0.05) is 45.3 Å². The second-order valence-corrected chi connectivity index (χ2v) is 8.91. The van der Waals surface area contributed by atoms with Gasteiger partial charge in [0.05, 0.1) is 17.4 Å². The van der Waals surface area contributed by atoms with Gasteiger partial charge in [-0.15, -0.1) is 0 Å². The van der Waals surface area contributed by atoms with Gasteiger partial charge in [0.2, 0.25) is 0 Å². The van der Waals surface area contributed by atoms with Crippen LogP contribution in [0.15, 0.2) is 99.8 Å². The molecule has 5 rings (SSSR count). The fourth-order valence-corrected chi connectivity index (χ4v) is 4.24. The maximum Gasteiger partial charge on any atom is 0.325 e. The first-order valence-corrected chi connectivity index (χ1v) is 11.8. The molecule has 37 heavy (non-hydrogen) atoms. The van der Waals surface area contributed by atoms with Crippen molar-refractivity contribution in [2.45, 2.75) is 6.61 Å². The van der Waals surface area contributed by atoms with Crippen LogP contribution in [0, 0.1) is 0 Å². The normalized spacial score (nSPS) is 10.9. The highest BCUT2D eigenvalue weighted by Gasteiger charge is 2.15. The molecule has 0 radical (unpaired) electrons. The number of rotatable bonds is 6. The summed E-state index contributed by atoms with van der Waals surface area (Å²) in [6, 6.07) is 17.3. The van der Waals surface area contributed by atoms with Gasteiger partial charge < -0.3 is 9.72 Å². The Balaban J connectivity index is 1.65. The molecule has 0 aliphatic rings. The van der Waals surface area contributed by atoms with Crippen LogP contribution < -0.4 is 21.5 Å². The number of H-pyrrole nitrogens is 2. The smallest absolute Gasteiger partial charge is 0.325 e. The highest BCUT2D eigenvalue weighted by molar-refractivity contribution is 6.31. The lowest BCUT2D eigenvalue weighted by Crippen LogP contribution is -2.24. The highest BCUT2D eigenvalue weighted by Crippen LogP contribution is 2.30. The zero-order chi connectivity index (χ0) is 25.9. The summed E-state index contributed by atoms with van der Waals surface area (Å²) in [7, 11) is 0. The topological polar surface area (TPSA) is 110 Å². The zero-order valence-electron chi connectivity index (χ0n) is 19.1. The minimum atomic E-state index is -0.635. The quantitative estimate of drug-likeness (QED) is 0.325. The molecule has 5 aromatic rings. The van der Waals surface area contributed by atoms with Gasteiger partial charge >= 0.3 is 5.69 Å². The molecule has 8 nitrogen and oxygen atoms in total. The van der Waals surface area contributed by atoms with Crippen molar-refractivity contribution in [2.75, 3.05) is 0 Å². The van der Waals surface area contributed by atoms with E-state index in [4.69, 9.17) is 27.9 Å². The van der Waals surface area contributed by atoms with E-state index < -0.39 is 11.2 Å². The van der Waals surface area contributed by atoms with Crippen molar-refractivity contribution in [1.29, 1.82) is 0 Å². The minimum Gasteiger partial charge on any atom is -0.489 e. The van der Waals surface area contributed by atoms with E-state index in [2.05, 4.69) is 15.0 Å². The predicted octanol–water partition coefficient (Wildman–Crippen LogP) is 4.83. The second-order valence-electron chi connectivity index (χ2n) is 8.07. The lowest BCUT2D eigenvalue weighted by Gasteiger charge is -2.14. The van der Waals surface area contributed by atoms with Gasteiger partial charge in [-0.3, -0.25) is 24.1 Å². The van der Waals surface area contributed by atoms with Crippen LogP contribution in [0.5, 0.6) is 5.75 Å². The summed E-state index contributed by atoms with van der Waals surface area (Å²) in [5, 5.41) is 0.925. The second kappa shape index (κ2) is 10.3. The average molecular weight is 533 g/mol. The Morgan fingerprint density at radius 2 is 1.76 bits per heavy atom. The highest BCUT2D eigenvalue weighted by atomic mass is 35.5. The molecule has 10 heteroatoms. The number of nitrogens with one attached hydrogen (secondary N) is 2. The summed E-state index contributed by atoms with van der Waals surface area (Å²) in [5.41, 5.74) is 1.01. The molecule has 2 aromatic carbocycles. The maximum absolute atomic E-state index is 13.6. The molecule has 0 amide bonds. The van der Waals surface area contributed by atoms with Crippen molar-refractivity contribution in [2.24, 2.45) is 0 Å². The van der Waals surface area contributed by atoms with Crippen LogP contribution in [0.25, 0.3) is 27.9 Å². The number of pyridine rings is 2. The zero-order valence-corrected chi connectivity index (χ0v) is 20.6. The number of ether oxygens (including phenoxy) is 1. The van der Waals surface area contributed by atoms with Crippen molar-refractivity contribution in [1.82, 2.24) is 19.5 Å². The predicted molar refractivity (Wildman–Crippen MR) is 143 cm³/mol. The van der Waals surface area contributed by atoms with Gasteiger partial charge in [-0.05, 0) is 48.0 Å². The molecule has 2 N–H and O–H groups in total. The molecule has 3 aromatic heterocycles. The largest absolute Gasteiger partial charge is 0.489 e. The molecule has 0 bridgehead atoms.